The van der Waals surface area contributed by atoms with Crippen molar-refractivity contribution in [2.75, 3.05) is 7.11 Å². The van der Waals surface area contributed by atoms with Crippen LogP contribution in [0, 0.1) is 0 Å². The molecule has 0 fully saturated rings. The van der Waals surface area contributed by atoms with E-state index in [2.05, 4.69) is 15.0 Å². The van der Waals surface area contributed by atoms with Crippen LogP contribution in [0.2, 0.25) is 5.15 Å². The molecular weight excluding hydrogens is 240 g/mol. The fourth-order valence-electron chi connectivity index (χ4n) is 1.19. The van der Waals surface area contributed by atoms with Gasteiger partial charge < -0.3 is 4.74 Å². The van der Waals surface area contributed by atoms with Crippen LogP contribution in [0.1, 0.15) is 12.2 Å². The maximum atomic E-state index is 12.4. The van der Waals surface area contributed by atoms with Gasteiger partial charge in [0.05, 0.1) is 18.8 Å². The lowest BCUT2D eigenvalue weighted by molar-refractivity contribution is 0.141. The summed E-state index contributed by atoms with van der Waals surface area (Å²) in [4.78, 5) is 11.0. The van der Waals surface area contributed by atoms with Crippen molar-refractivity contribution in [1.29, 1.82) is 0 Å². The molecule has 0 N–H and O–H groups in total. The summed E-state index contributed by atoms with van der Waals surface area (Å²) in [6.45, 7) is 0. The van der Waals surface area contributed by atoms with Gasteiger partial charge >= 0.3 is 0 Å². The highest BCUT2D eigenvalue weighted by atomic mass is 35.5. The Kier molecular flexibility index (Phi) is 2.82. The summed E-state index contributed by atoms with van der Waals surface area (Å²) in [5.41, 5.74) is 0.501. The molecule has 0 atom stereocenters. The third kappa shape index (κ3) is 1.88. The van der Waals surface area contributed by atoms with E-state index in [9.17, 15) is 8.78 Å². The summed E-state index contributed by atoms with van der Waals surface area (Å²) in [5.74, 6) is -0.199. The van der Waals surface area contributed by atoms with Crippen molar-refractivity contribution in [2.24, 2.45) is 0 Å². The smallest absolute Gasteiger partial charge is 0.297 e. The van der Waals surface area contributed by atoms with Crippen molar-refractivity contribution in [3.05, 3.63) is 23.2 Å². The number of alkyl halides is 2. The van der Waals surface area contributed by atoms with E-state index in [1.54, 1.807) is 0 Å². The molecule has 7 heteroatoms. The minimum atomic E-state index is -2.77. The number of fused-ring (bicyclic) bond motifs is 1. The second kappa shape index (κ2) is 4.13. The molecule has 0 bridgehead atoms. The predicted molar refractivity (Wildman–Crippen MR) is 53.9 cm³/mol. The van der Waals surface area contributed by atoms with Crippen LogP contribution in [0.3, 0.4) is 0 Å². The maximum Gasteiger partial charge on any atom is 0.297 e. The molecule has 84 valence electrons. The zero-order valence-electron chi connectivity index (χ0n) is 8.12. The second-order valence-corrected chi connectivity index (χ2v) is 3.27. The fourth-order valence-corrected chi connectivity index (χ4v) is 1.42. The molecule has 4 nitrogen and oxygen atoms in total. The molecule has 0 aliphatic rings. The fraction of sp³-hybridized carbons (Fsp3) is 0.222. The van der Waals surface area contributed by atoms with E-state index in [4.69, 9.17) is 16.3 Å². The Balaban J connectivity index is 2.68. The summed E-state index contributed by atoms with van der Waals surface area (Å²) >= 11 is 5.71. The summed E-state index contributed by atoms with van der Waals surface area (Å²) in [5, 5.41) is -0.0945. The average molecular weight is 246 g/mol. The third-order valence-corrected chi connectivity index (χ3v) is 2.18. The molecule has 0 unspecified atom stereocenters. The van der Waals surface area contributed by atoms with E-state index in [-0.39, 0.29) is 16.2 Å². The van der Waals surface area contributed by atoms with Crippen molar-refractivity contribution in [1.82, 2.24) is 15.0 Å². The average Bonchev–Trinajstić information content (AvgIpc) is 2.28. The summed E-state index contributed by atoms with van der Waals surface area (Å²) in [6.07, 6.45) is -1.35. The molecular formula is C9H6ClF2N3O. The Bertz CT molecular complexity index is 535. The predicted octanol–water partition coefficient (Wildman–Crippen LogP) is 2.62. The van der Waals surface area contributed by atoms with E-state index in [1.165, 1.54) is 19.4 Å². The molecule has 2 heterocycles. The zero-order chi connectivity index (χ0) is 11.7. The van der Waals surface area contributed by atoms with Gasteiger partial charge in [-0.05, 0) is 0 Å². The quantitative estimate of drug-likeness (QED) is 0.763. The van der Waals surface area contributed by atoms with E-state index in [0.29, 0.717) is 5.75 Å². The van der Waals surface area contributed by atoms with Crippen LogP contribution >= 0.6 is 11.6 Å². The Hall–Kier alpha value is -1.56. The van der Waals surface area contributed by atoms with E-state index < -0.39 is 12.2 Å². The standard InChI is InChI=1S/C9H6ClF2N3O/c1-16-4-2-5-6(13-3-4)7(10)15-9(14-5)8(11)12/h2-3,8H,1H3. The van der Waals surface area contributed by atoms with Gasteiger partial charge in [-0.3, -0.25) is 0 Å². The van der Waals surface area contributed by atoms with Gasteiger partial charge in [0.2, 0.25) is 0 Å². The lowest BCUT2D eigenvalue weighted by Gasteiger charge is -2.04. The summed E-state index contributed by atoms with van der Waals surface area (Å²) in [6, 6.07) is 1.47. The first kappa shape index (κ1) is 10.9. The first-order valence-electron chi connectivity index (χ1n) is 4.27. The van der Waals surface area contributed by atoms with Crippen LogP contribution in [-0.2, 0) is 0 Å². The van der Waals surface area contributed by atoms with Crippen molar-refractivity contribution in [3.8, 4) is 5.75 Å². The van der Waals surface area contributed by atoms with Crippen LogP contribution in [0.25, 0.3) is 11.0 Å². The minimum absolute atomic E-state index is 0.0945. The lowest BCUT2D eigenvalue weighted by atomic mass is 10.3. The molecule has 2 aromatic heterocycles. The monoisotopic (exact) mass is 245 g/mol. The number of halogens is 3. The molecule has 0 amide bonds. The zero-order valence-corrected chi connectivity index (χ0v) is 8.87. The van der Waals surface area contributed by atoms with Crippen molar-refractivity contribution in [2.45, 2.75) is 6.43 Å². The second-order valence-electron chi connectivity index (χ2n) is 2.92. The molecule has 0 aliphatic heterocycles. The van der Waals surface area contributed by atoms with Gasteiger partial charge in [0.15, 0.2) is 11.0 Å². The van der Waals surface area contributed by atoms with Crippen LogP contribution in [0.5, 0.6) is 5.75 Å². The Morgan fingerprint density at radius 2 is 2.12 bits per heavy atom. The summed E-state index contributed by atoms with van der Waals surface area (Å²) in [7, 11) is 1.44. The van der Waals surface area contributed by atoms with Crippen molar-refractivity contribution in [3.63, 3.8) is 0 Å². The molecule has 0 aromatic carbocycles. The highest BCUT2D eigenvalue weighted by Crippen LogP contribution is 2.24. The third-order valence-electron chi connectivity index (χ3n) is 1.92. The number of ether oxygens (including phenoxy) is 1. The molecule has 0 radical (unpaired) electrons. The van der Waals surface area contributed by atoms with Crippen LogP contribution in [0.15, 0.2) is 12.3 Å². The molecule has 2 rings (SSSR count). The largest absolute Gasteiger partial charge is 0.495 e. The number of pyridine rings is 1. The van der Waals surface area contributed by atoms with Crippen LogP contribution in [0.4, 0.5) is 8.78 Å². The van der Waals surface area contributed by atoms with Gasteiger partial charge in [0, 0.05) is 6.07 Å². The topological polar surface area (TPSA) is 47.9 Å². The minimum Gasteiger partial charge on any atom is -0.495 e. The normalized spacial score (nSPS) is 11.1. The lowest BCUT2D eigenvalue weighted by Crippen LogP contribution is -1.98. The van der Waals surface area contributed by atoms with Gasteiger partial charge in [0.1, 0.15) is 11.3 Å². The SMILES string of the molecule is COc1cnc2c(Cl)nc(C(F)F)nc2c1. The van der Waals surface area contributed by atoms with Gasteiger partial charge in [0.25, 0.3) is 6.43 Å². The Morgan fingerprint density at radius 3 is 2.75 bits per heavy atom. The van der Waals surface area contributed by atoms with Crippen LogP contribution < -0.4 is 4.74 Å². The number of hydrogen-bond donors (Lipinski definition) is 0. The van der Waals surface area contributed by atoms with Gasteiger partial charge in [-0.2, -0.15) is 0 Å². The number of aromatic nitrogens is 3. The Morgan fingerprint density at radius 1 is 1.38 bits per heavy atom. The van der Waals surface area contributed by atoms with E-state index in [0.717, 1.165) is 0 Å². The number of rotatable bonds is 2. The van der Waals surface area contributed by atoms with Gasteiger partial charge in [-0.1, -0.05) is 11.6 Å². The molecule has 2 aromatic rings. The molecule has 0 saturated heterocycles. The number of methoxy groups -OCH3 is 1. The highest BCUT2D eigenvalue weighted by Gasteiger charge is 2.15. The Labute approximate surface area is 94.2 Å². The molecule has 16 heavy (non-hydrogen) atoms. The van der Waals surface area contributed by atoms with Gasteiger partial charge in [-0.15, -0.1) is 0 Å². The highest BCUT2D eigenvalue weighted by molar-refractivity contribution is 6.33. The number of hydrogen-bond acceptors (Lipinski definition) is 4. The molecule has 0 saturated carbocycles. The van der Waals surface area contributed by atoms with Crippen LogP contribution in [-0.4, -0.2) is 22.1 Å². The molecule has 0 aliphatic carbocycles. The maximum absolute atomic E-state index is 12.4. The first-order chi connectivity index (χ1) is 7.61. The van der Waals surface area contributed by atoms with E-state index in [1.807, 2.05) is 0 Å². The van der Waals surface area contributed by atoms with Gasteiger partial charge in [-0.25, -0.2) is 23.7 Å². The number of nitrogens with zero attached hydrogens (tertiary/aromatic N) is 3. The first-order valence-corrected chi connectivity index (χ1v) is 4.65. The van der Waals surface area contributed by atoms with Crippen molar-refractivity contribution < 1.29 is 13.5 Å². The van der Waals surface area contributed by atoms with E-state index >= 15 is 0 Å². The summed E-state index contributed by atoms with van der Waals surface area (Å²) < 4.78 is 29.8. The van der Waals surface area contributed by atoms with Crippen molar-refractivity contribution >= 4 is 22.6 Å². The molecule has 0 spiro atoms.